The molecule has 0 spiro atoms. The van der Waals surface area contributed by atoms with Crippen molar-refractivity contribution in [3.63, 3.8) is 0 Å². The molecule has 0 aliphatic carbocycles. The molecule has 0 atom stereocenters. The number of nitrogens with zero attached hydrogens (tertiary/aromatic N) is 3. The van der Waals surface area contributed by atoms with Crippen LogP contribution in [0.3, 0.4) is 0 Å². The number of aryl methyl sites for hydroxylation is 3. The van der Waals surface area contributed by atoms with Gasteiger partial charge in [-0.25, -0.2) is 14.4 Å². The molecule has 15 rings (SSSR count). The van der Waals surface area contributed by atoms with Gasteiger partial charge in [0.15, 0.2) is 0 Å². The number of aromatic hydroxyl groups is 2. The second-order valence-corrected chi connectivity index (χ2v) is 26.8. The molecule has 106 heavy (non-hydrogen) atoms. The Labute approximate surface area is 694 Å². The molecule has 0 saturated carbocycles. The van der Waals surface area contributed by atoms with E-state index in [2.05, 4.69) is 45.0 Å². The molecule has 6 heterocycles. The van der Waals surface area contributed by atoms with Crippen molar-refractivity contribution in [2.24, 2.45) is 0 Å². The Morgan fingerprint density at radius 3 is 0.953 bits per heavy atom. The van der Waals surface area contributed by atoms with Crippen LogP contribution in [0.1, 0.15) is 88.6 Å². The van der Waals surface area contributed by atoms with Gasteiger partial charge in [-0.15, -0.1) is 16.7 Å². The van der Waals surface area contributed by atoms with E-state index in [0.29, 0.717) is 78.3 Å². The summed E-state index contributed by atoms with van der Waals surface area (Å²) >= 11 is 0. The first kappa shape index (κ1) is 81.1. The van der Waals surface area contributed by atoms with Gasteiger partial charge in [0.2, 0.25) is 0 Å². The molecule has 0 bridgehead atoms. The molecule has 2 N–H and O–H groups in total. The van der Waals surface area contributed by atoms with Crippen molar-refractivity contribution in [1.82, 2.24) is 14.7 Å². The molecule has 3 aliphatic heterocycles. The summed E-state index contributed by atoms with van der Waals surface area (Å²) < 4.78 is 40.2. The molecule has 9 aromatic carbocycles. The Hall–Kier alpha value is -7.40. The van der Waals surface area contributed by atoms with Gasteiger partial charge >= 0.3 is 16.9 Å². The van der Waals surface area contributed by atoms with E-state index < -0.39 is 11.3 Å². The summed E-state index contributed by atoms with van der Waals surface area (Å²) in [6.07, 6.45) is 9.40. The number of phenolic OH excluding ortho intramolecular Hbond substituents is 2. The van der Waals surface area contributed by atoms with Gasteiger partial charge in [-0.1, -0.05) is 57.2 Å². The minimum absolute atomic E-state index is 0. The van der Waals surface area contributed by atoms with E-state index >= 15 is 0 Å². The van der Waals surface area contributed by atoms with Gasteiger partial charge in [-0.3, -0.25) is 14.7 Å². The Kier molecular flexibility index (Phi) is 29.9. The summed E-state index contributed by atoms with van der Waals surface area (Å²) in [6.45, 7) is 17.9. The molecular formula is C88H86N3O12Y3-3. The van der Waals surface area contributed by atoms with Crippen molar-refractivity contribution in [2.45, 2.75) is 78.6 Å². The number of likely N-dealkylation sites (tertiary alicyclic amines) is 3. The molecule has 3 fully saturated rings. The van der Waals surface area contributed by atoms with E-state index in [1.165, 1.54) is 89.9 Å². The normalized spacial score (nSPS) is 13.6. The largest absolute Gasteiger partial charge is 0.508 e. The van der Waals surface area contributed by atoms with Gasteiger partial charge in [0.1, 0.15) is 71.1 Å². The van der Waals surface area contributed by atoms with Crippen molar-refractivity contribution in [1.29, 1.82) is 0 Å². The Morgan fingerprint density at radius 2 is 0.660 bits per heavy atom. The minimum Gasteiger partial charge on any atom is -0.508 e. The zero-order valence-corrected chi connectivity index (χ0v) is 69.2. The van der Waals surface area contributed by atoms with Crippen LogP contribution in [0, 0.1) is 39.0 Å². The van der Waals surface area contributed by atoms with Crippen LogP contribution in [0.25, 0.3) is 66.3 Å². The van der Waals surface area contributed by atoms with Crippen molar-refractivity contribution in [3.05, 3.63) is 282 Å². The van der Waals surface area contributed by atoms with Crippen LogP contribution < -0.4 is 35.8 Å². The van der Waals surface area contributed by atoms with E-state index in [0.717, 1.165) is 120 Å². The van der Waals surface area contributed by atoms with E-state index in [4.69, 9.17) is 32.2 Å². The zero-order valence-electron chi connectivity index (χ0n) is 60.7. The molecular weight excluding hydrogens is 1560 g/mol. The third kappa shape index (κ3) is 20.5. The van der Waals surface area contributed by atoms with Gasteiger partial charge < -0.3 is 42.4 Å². The van der Waals surface area contributed by atoms with E-state index in [9.17, 15) is 24.6 Å². The van der Waals surface area contributed by atoms with Crippen LogP contribution in [0.15, 0.2) is 210 Å². The fraction of sp³-hybridized carbons (Fsp3) is 0.284. The Balaban J connectivity index is 0.000000168. The van der Waals surface area contributed by atoms with Crippen molar-refractivity contribution in [3.8, 4) is 67.9 Å². The van der Waals surface area contributed by atoms with Crippen molar-refractivity contribution < 1.29 is 141 Å². The zero-order chi connectivity index (χ0) is 71.2. The fourth-order valence-corrected chi connectivity index (χ4v) is 14.2. The second-order valence-electron chi connectivity index (χ2n) is 26.8. The van der Waals surface area contributed by atoms with Gasteiger partial charge in [0, 0.05) is 169 Å². The van der Waals surface area contributed by atoms with E-state index in [1.54, 1.807) is 37.4 Å². The van der Waals surface area contributed by atoms with Gasteiger partial charge in [0.25, 0.3) is 0 Å². The third-order valence-corrected chi connectivity index (χ3v) is 19.8. The summed E-state index contributed by atoms with van der Waals surface area (Å²) in [5.41, 5.74) is 13.2. The van der Waals surface area contributed by atoms with Crippen LogP contribution >= 0.6 is 0 Å². The number of hydrogen-bond donors (Lipinski definition) is 2. The monoisotopic (exact) mass is 1640 g/mol. The number of phenols is 2. The van der Waals surface area contributed by atoms with Crippen LogP contribution in [0.4, 0.5) is 0 Å². The molecule has 0 amide bonds. The summed E-state index contributed by atoms with van der Waals surface area (Å²) in [4.78, 5) is 46.8. The molecule has 12 aromatic rings. The summed E-state index contributed by atoms with van der Waals surface area (Å²) in [5.74, 6) is 3.34. The number of fused-ring (bicyclic) bond motifs is 3. The van der Waals surface area contributed by atoms with Crippen LogP contribution in [0.2, 0.25) is 0 Å². The molecule has 0 unspecified atom stereocenters. The molecule has 3 radical (unpaired) electrons. The Morgan fingerprint density at radius 1 is 0.377 bits per heavy atom. The maximum absolute atomic E-state index is 13.2. The second kappa shape index (κ2) is 39.1. The maximum Gasteiger partial charge on any atom is 0.342 e. The fourth-order valence-electron chi connectivity index (χ4n) is 14.2. The predicted molar refractivity (Wildman–Crippen MR) is 406 cm³/mol. The maximum atomic E-state index is 13.2. The molecule has 18 heteroatoms. The van der Waals surface area contributed by atoms with Crippen molar-refractivity contribution >= 4 is 32.9 Å². The molecule has 3 saturated heterocycles. The number of hydrogen-bond acceptors (Lipinski definition) is 15. The van der Waals surface area contributed by atoms with E-state index in [1.807, 2.05) is 148 Å². The average Bonchev–Trinajstić information content (AvgIpc) is 0.982. The van der Waals surface area contributed by atoms with Crippen molar-refractivity contribution in [2.75, 3.05) is 85.8 Å². The minimum atomic E-state index is -0.413. The molecule has 3 aromatic heterocycles. The van der Waals surface area contributed by atoms with Crippen LogP contribution in [-0.4, -0.2) is 111 Å². The van der Waals surface area contributed by atoms with Gasteiger partial charge in [0.05, 0.1) is 7.11 Å². The number of benzene rings is 9. The third-order valence-electron chi connectivity index (χ3n) is 19.8. The number of rotatable bonds is 22. The SMILES string of the molecule is COc1ccc2c(Cc3ccc(OCCN4CCCC4)cc3)c(-c3cc[c-]cc3C)c(=O)oc2c1.Cc1c[c-]ccc1-c1c(Cc2ccc(OCCN3CCCC3)cc2)c2ccc(O)cc2oc1=O.Cc1c[c-]ccc1-c1c(Cc2ccc(OCCN3CCCC3)cc2)c2ccc(O)cc2oc1=O.[Y].[Y].[Y]. The van der Waals surface area contributed by atoms with E-state index in [-0.39, 0.29) is 115 Å². The number of methoxy groups -OCH3 is 1. The summed E-state index contributed by atoms with van der Waals surface area (Å²) in [5, 5.41) is 22.4. The van der Waals surface area contributed by atoms with Gasteiger partial charge in [-0.2, -0.15) is 89.5 Å². The molecule has 3 aliphatic rings. The summed E-state index contributed by atoms with van der Waals surface area (Å²) in [6, 6.07) is 65.8. The van der Waals surface area contributed by atoms with Gasteiger partial charge in [-0.05, 0) is 203 Å². The predicted octanol–water partition coefficient (Wildman–Crippen LogP) is 16.3. The quantitative estimate of drug-likeness (QED) is 0.0483. The first-order chi connectivity index (χ1) is 50.3. The molecule has 537 valence electrons. The topological polar surface area (TPSA) is 178 Å². The van der Waals surface area contributed by atoms with Crippen LogP contribution in [0.5, 0.6) is 34.5 Å². The first-order valence-corrected chi connectivity index (χ1v) is 35.7. The first-order valence-electron chi connectivity index (χ1n) is 35.7. The van der Waals surface area contributed by atoms with Crippen LogP contribution in [-0.2, 0) is 117 Å². The summed E-state index contributed by atoms with van der Waals surface area (Å²) in [7, 11) is 1.60. The average molecular weight is 1640 g/mol. The Bertz CT molecular complexity index is 4890. The number of ether oxygens (including phenoxy) is 4. The standard InChI is InChI=1S/C30H30NO4.2C29H28NO4.3Y/c1-21-7-3-4-8-25(21)29-27(26-14-13-24(33-2)20-28(26)35-30(29)32)19-22-9-11-23(12-10-22)34-18-17-31-15-5-6-16-31;2*1-20-6-2-3-7-24(20)28-26(25-13-10-22(31)19-27(25)34-29(28)32)18-21-8-11-23(12-9-21)33-17-16-30-14-4-5-15-30;;;/h4,7-14,20H,5-6,15-19H2,1-2H3;2*3,6-13,19,31H,4-5,14-18H2,1H3;;;/q3*-1;;;. The smallest absolute Gasteiger partial charge is 0.342 e. The molecule has 15 nitrogen and oxygen atoms in total.